The lowest BCUT2D eigenvalue weighted by Gasteiger charge is -2.08. The molecule has 32 heavy (non-hydrogen) atoms. The number of hydrogen-bond acceptors (Lipinski definition) is 8. The van der Waals surface area contributed by atoms with E-state index in [-0.39, 0.29) is 5.56 Å². The molecule has 0 radical (unpaired) electrons. The summed E-state index contributed by atoms with van der Waals surface area (Å²) >= 11 is 4.73. The average Bonchev–Trinajstić information content (AvgIpc) is 3.18. The lowest BCUT2D eigenvalue weighted by atomic mass is 10.2. The highest BCUT2D eigenvalue weighted by Crippen LogP contribution is 2.40. The monoisotopic (exact) mass is 481 g/mol. The summed E-state index contributed by atoms with van der Waals surface area (Å²) in [5, 5.41) is 12.4. The number of aromatic amines is 1. The number of thiophene rings is 2. The summed E-state index contributed by atoms with van der Waals surface area (Å²) in [5.41, 5.74) is 0.868. The summed E-state index contributed by atoms with van der Waals surface area (Å²) in [6.07, 6.45) is 3.98. The maximum absolute atomic E-state index is 12.9. The van der Waals surface area contributed by atoms with Crippen molar-refractivity contribution < 1.29 is 4.42 Å². The zero-order chi connectivity index (χ0) is 21.7. The number of fused-ring (bicyclic) bond motifs is 1. The van der Waals surface area contributed by atoms with Crippen LogP contribution in [0, 0.1) is 6.92 Å². The predicted octanol–water partition coefficient (Wildman–Crippen LogP) is 5.42. The van der Waals surface area contributed by atoms with Crippen LogP contribution in [0.15, 0.2) is 50.3 Å². The highest BCUT2D eigenvalue weighted by Gasteiger charge is 2.30. The van der Waals surface area contributed by atoms with E-state index in [0.717, 1.165) is 44.9 Å². The Hall–Kier alpha value is -2.69. The van der Waals surface area contributed by atoms with Crippen molar-refractivity contribution in [1.82, 2.24) is 24.7 Å². The van der Waals surface area contributed by atoms with E-state index in [1.54, 1.807) is 17.6 Å². The van der Waals surface area contributed by atoms with Crippen LogP contribution < -0.4 is 5.56 Å². The maximum atomic E-state index is 12.9. The second-order valence-electron chi connectivity index (χ2n) is 7.82. The van der Waals surface area contributed by atoms with Crippen LogP contribution in [0.3, 0.4) is 0 Å². The van der Waals surface area contributed by atoms with Gasteiger partial charge in [-0.1, -0.05) is 11.8 Å². The Labute approximate surface area is 195 Å². The molecule has 7 nitrogen and oxygen atoms in total. The Morgan fingerprint density at radius 1 is 1.28 bits per heavy atom. The summed E-state index contributed by atoms with van der Waals surface area (Å²) in [6, 6.07) is 7.99. The van der Waals surface area contributed by atoms with Gasteiger partial charge in [0.2, 0.25) is 0 Å². The van der Waals surface area contributed by atoms with Crippen molar-refractivity contribution in [2.75, 3.05) is 0 Å². The van der Waals surface area contributed by atoms with Crippen molar-refractivity contribution in [3.8, 4) is 10.4 Å². The number of furan rings is 1. The van der Waals surface area contributed by atoms with E-state index in [2.05, 4.69) is 38.8 Å². The largest absolute Gasteiger partial charge is 0.467 e. The maximum Gasteiger partial charge on any atom is 0.260 e. The van der Waals surface area contributed by atoms with E-state index >= 15 is 0 Å². The average molecular weight is 482 g/mol. The second kappa shape index (κ2) is 8.02. The van der Waals surface area contributed by atoms with Crippen molar-refractivity contribution >= 4 is 44.7 Å². The molecular formula is C22H19N5O2S3. The first-order valence-corrected chi connectivity index (χ1v) is 13.0. The van der Waals surface area contributed by atoms with E-state index in [1.807, 2.05) is 17.5 Å². The minimum Gasteiger partial charge on any atom is -0.467 e. The van der Waals surface area contributed by atoms with Crippen LogP contribution in [-0.2, 0) is 12.3 Å². The van der Waals surface area contributed by atoms with E-state index in [9.17, 15) is 4.79 Å². The first-order chi connectivity index (χ1) is 15.7. The van der Waals surface area contributed by atoms with Gasteiger partial charge in [-0.15, -0.1) is 32.9 Å². The number of thioether (sulfide) groups is 1. The fraction of sp³-hybridized carbons (Fsp3) is 0.273. The number of aromatic nitrogens is 5. The lowest BCUT2D eigenvalue weighted by Crippen LogP contribution is -2.11. The first kappa shape index (κ1) is 20.0. The lowest BCUT2D eigenvalue weighted by molar-refractivity contribution is 0.478. The van der Waals surface area contributed by atoms with Gasteiger partial charge in [0.05, 0.1) is 23.9 Å². The predicted molar refractivity (Wildman–Crippen MR) is 128 cm³/mol. The molecule has 0 saturated heterocycles. The van der Waals surface area contributed by atoms with Gasteiger partial charge in [-0.3, -0.25) is 9.36 Å². The van der Waals surface area contributed by atoms with Crippen molar-refractivity contribution in [3.63, 3.8) is 0 Å². The molecule has 1 fully saturated rings. The number of H-pyrrole nitrogens is 1. The molecule has 0 bridgehead atoms. The number of hydrogen-bond donors (Lipinski definition) is 1. The van der Waals surface area contributed by atoms with Gasteiger partial charge < -0.3 is 9.40 Å². The van der Waals surface area contributed by atoms with Crippen LogP contribution in [0.5, 0.6) is 0 Å². The summed E-state index contributed by atoms with van der Waals surface area (Å²) in [4.78, 5) is 23.7. The zero-order valence-electron chi connectivity index (χ0n) is 17.2. The molecule has 5 heterocycles. The molecule has 162 valence electrons. The van der Waals surface area contributed by atoms with Crippen LogP contribution in [0.2, 0.25) is 0 Å². The normalized spacial score (nSPS) is 13.9. The fourth-order valence-electron chi connectivity index (χ4n) is 3.71. The Morgan fingerprint density at radius 3 is 2.94 bits per heavy atom. The zero-order valence-corrected chi connectivity index (χ0v) is 19.6. The molecule has 0 atom stereocenters. The van der Waals surface area contributed by atoms with Crippen LogP contribution in [-0.4, -0.2) is 24.7 Å². The molecule has 1 aliphatic carbocycles. The molecule has 1 N–H and O–H groups in total. The van der Waals surface area contributed by atoms with Gasteiger partial charge in [0.25, 0.3) is 5.56 Å². The number of aryl methyl sites for hydroxylation is 1. The Kier molecular flexibility index (Phi) is 5.00. The molecular weight excluding hydrogens is 462 g/mol. The molecule has 0 aliphatic heterocycles. The minimum atomic E-state index is -0.0939. The smallest absolute Gasteiger partial charge is 0.260 e. The number of nitrogens with one attached hydrogen (secondary N) is 1. The topological polar surface area (TPSA) is 89.6 Å². The molecule has 0 amide bonds. The highest BCUT2D eigenvalue weighted by molar-refractivity contribution is 7.98. The highest BCUT2D eigenvalue weighted by atomic mass is 32.2. The molecule has 6 rings (SSSR count). The molecule has 10 heteroatoms. The van der Waals surface area contributed by atoms with Gasteiger partial charge in [-0.25, -0.2) is 4.98 Å². The van der Waals surface area contributed by atoms with Gasteiger partial charge in [0.15, 0.2) is 5.16 Å². The van der Waals surface area contributed by atoms with Gasteiger partial charge in [-0.05, 0) is 44.0 Å². The van der Waals surface area contributed by atoms with Gasteiger partial charge in [0, 0.05) is 26.6 Å². The molecule has 0 unspecified atom stereocenters. The molecule has 0 aromatic carbocycles. The quantitative estimate of drug-likeness (QED) is 0.312. The summed E-state index contributed by atoms with van der Waals surface area (Å²) in [7, 11) is 0. The summed E-state index contributed by atoms with van der Waals surface area (Å²) < 4.78 is 7.67. The van der Waals surface area contributed by atoms with Gasteiger partial charge in [-0.2, -0.15) is 0 Å². The van der Waals surface area contributed by atoms with Crippen molar-refractivity contribution in [2.45, 2.75) is 43.1 Å². The molecule has 5 aromatic rings. The molecule has 5 aromatic heterocycles. The Balaban J connectivity index is 1.28. The van der Waals surface area contributed by atoms with E-state index in [4.69, 9.17) is 9.40 Å². The minimum absolute atomic E-state index is 0.0939. The van der Waals surface area contributed by atoms with E-state index < -0.39 is 0 Å². The van der Waals surface area contributed by atoms with Crippen molar-refractivity contribution in [2.24, 2.45) is 0 Å². The molecule has 0 spiro atoms. The number of rotatable bonds is 7. The standard InChI is InChI=1S/C22H19N5O2S3/c1-12-4-7-16(32-12)15-10-30-21-18(15)20(28)23-17(24-21)11-31-22-26-25-19(13-5-6-13)27(22)9-14-3-2-8-29-14/h2-4,7-8,10,13H,5-6,9,11H2,1H3,(H,23,24,28). The van der Waals surface area contributed by atoms with Gasteiger partial charge >= 0.3 is 0 Å². The van der Waals surface area contributed by atoms with Crippen molar-refractivity contribution in [3.05, 3.63) is 68.5 Å². The van der Waals surface area contributed by atoms with Gasteiger partial charge in [0.1, 0.15) is 22.2 Å². The fourth-order valence-corrected chi connectivity index (χ4v) is 6.45. The Morgan fingerprint density at radius 2 is 2.19 bits per heavy atom. The van der Waals surface area contributed by atoms with Crippen LogP contribution in [0.25, 0.3) is 20.7 Å². The first-order valence-electron chi connectivity index (χ1n) is 10.3. The second-order valence-corrected chi connectivity index (χ2v) is 10.9. The molecule has 1 aliphatic rings. The van der Waals surface area contributed by atoms with Crippen molar-refractivity contribution in [1.29, 1.82) is 0 Å². The third-order valence-corrected chi connectivity index (χ3v) is 8.30. The third kappa shape index (κ3) is 3.72. The van der Waals surface area contributed by atoms with E-state index in [1.165, 1.54) is 28.0 Å². The molecule has 1 saturated carbocycles. The summed E-state index contributed by atoms with van der Waals surface area (Å²) in [5.74, 6) is 3.51. The number of nitrogens with zero attached hydrogens (tertiary/aromatic N) is 4. The van der Waals surface area contributed by atoms with Crippen LogP contribution in [0.1, 0.15) is 41.0 Å². The van der Waals surface area contributed by atoms with Crippen LogP contribution in [0.4, 0.5) is 0 Å². The SMILES string of the molecule is Cc1ccc(-c2csc3nc(CSc4nnc(C5CC5)n4Cc4ccco4)[nH]c(=O)c23)s1. The third-order valence-electron chi connectivity index (χ3n) is 5.42. The summed E-state index contributed by atoms with van der Waals surface area (Å²) in [6.45, 7) is 2.67. The van der Waals surface area contributed by atoms with E-state index in [0.29, 0.717) is 29.4 Å². The van der Waals surface area contributed by atoms with Crippen LogP contribution >= 0.6 is 34.4 Å². The Bertz CT molecular complexity index is 1460.